The molecule has 37 heavy (non-hydrogen) atoms. The third kappa shape index (κ3) is 5.87. The third-order valence-electron chi connectivity index (χ3n) is 5.75. The fourth-order valence-corrected chi connectivity index (χ4v) is 3.80. The topological polar surface area (TPSA) is 91.2 Å². The minimum Gasteiger partial charge on any atom is -0.497 e. The minimum absolute atomic E-state index is 0.262. The highest BCUT2D eigenvalue weighted by atomic mass is 16.6. The number of hydrogen-bond acceptors (Lipinski definition) is 6. The zero-order valence-corrected chi connectivity index (χ0v) is 21.0. The second-order valence-electron chi connectivity index (χ2n) is 8.23. The van der Waals surface area contributed by atoms with Gasteiger partial charge in [0, 0.05) is 22.6 Å². The zero-order chi connectivity index (χ0) is 26.4. The lowest BCUT2D eigenvalue weighted by atomic mass is 10.2. The summed E-state index contributed by atoms with van der Waals surface area (Å²) in [4.78, 5) is 25.0. The van der Waals surface area contributed by atoms with Gasteiger partial charge < -0.3 is 18.8 Å². The molecule has 0 unspecified atom stereocenters. The van der Waals surface area contributed by atoms with E-state index in [1.807, 2.05) is 26.0 Å². The number of carbonyl (C=O) groups excluding carboxylic acids is 2. The number of esters is 1. The maximum absolute atomic E-state index is 12.5. The number of nitrogens with one attached hydrogen (secondary N) is 1. The van der Waals surface area contributed by atoms with Crippen molar-refractivity contribution in [3.05, 3.63) is 107 Å². The van der Waals surface area contributed by atoms with E-state index in [9.17, 15) is 9.59 Å². The van der Waals surface area contributed by atoms with Crippen LogP contribution in [0.5, 0.6) is 17.2 Å². The van der Waals surface area contributed by atoms with E-state index in [0.717, 1.165) is 17.1 Å². The van der Waals surface area contributed by atoms with Crippen molar-refractivity contribution in [1.82, 2.24) is 9.99 Å². The summed E-state index contributed by atoms with van der Waals surface area (Å²) in [6.45, 7) is 4.07. The van der Waals surface area contributed by atoms with Crippen LogP contribution in [-0.4, -0.2) is 36.9 Å². The summed E-state index contributed by atoms with van der Waals surface area (Å²) in [6.07, 6.45) is 1.48. The number of hydrazone groups is 1. The van der Waals surface area contributed by atoms with E-state index in [1.165, 1.54) is 13.3 Å². The van der Waals surface area contributed by atoms with Crippen LogP contribution in [0.3, 0.4) is 0 Å². The Hall–Kier alpha value is -4.85. The van der Waals surface area contributed by atoms with Gasteiger partial charge in [0.25, 0.3) is 5.91 Å². The summed E-state index contributed by atoms with van der Waals surface area (Å²) < 4.78 is 18.1. The van der Waals surface area contributed by atoms with Crippen molar-refractivity contribution in [1.29, 1.82) is 0 Å². The lowest BCUT2D eigenvalue weighted by Gasteiger charge is -2.10. The van der Waals surface area contributed by atoms with E-state index in [-0.39, 0.29) is 11.7 Å². The molecular weight excluding hydrogens is 470 g/mol. The second-order valence-corrected chi connectivity index (χ2v) is 8.23. The number of benzene rings is 3. The highest BCUT2D eigenvalue weighted by Crippen LogP contribution is 2.28. The fourth-order valence-electron chi connectivity index (χ4n) is 3.80. The first-order valence-corrected chi connectivity index (χ1v) is 11.5. The van der Waals surface area contributed by atoms with Crippen molar-refractivity contribution in [3.63, 3.8) is 0 Å². The Morgan fingerprint density at radius 1 is 0.784 bits per heavy atom. The second kappa shape index (κ2) is 11.3. The number of rotatable bonds is 8. The molecule has 0 fully saturated rings. The molecule has 188 valence electrons. The van der Waals surface area contributed by atoms with E-state index in [1.54, 1.807) is 61.7 Å². The summed E-state index contributed by atoms with van der Waals surface area (Å²) in [7, 11) is 3.03. The van der Waals surface area contributed by atoms with Crippen molar-refractivity contribution in [3.8, 4) is 22.9 Å². The first kappa shape index (κ1) is 25.2. The third-order valence-corrected chi connectivity index (χ3v) is 5.75. The van der Waals surface area contributed by atoms with Crippen molar-refractivity contribution < 1.29 is 23.8 Å². The smallest absolute Gasteiger partial charge is 0.343 e. The Bertz CT molecular complexity index is 1420. The van der Waals surface area contributed by atoms with E-state index < -0.39 is 5.97 Å². The largest absolute Gasteiger partial charge is 0.497 e. The molecule has 0 radical (unpaired) electrons. The van der Waals surface area contributed by atoms with Gasteiger partial charge >= 0.3 is 5.97 Å². The van der Waals surface area contributed by atoms with Crippen LogP contribution in [0.25, 0.3) is 5.69 Å². The van der Waals surface area contributed by atoms with Crippen LogP contribution in [0, 0.1) is 13.8 Å². The molecule has 1 amide bonds. The van der Waals surface area contributed by atoms with Crippen molar-refractivity contribution in [2.75, 3.05) is 14.2 Å². The fraction of sp³-hybridized carbons (Fsp3) is 0.138. The van der Waals surface area contributed by atoms with Gasteiger partial charge in [-0.05, 0) is 98.3 Å². The SMILES string of the molecule is COc1ccc(C(=O)Oc2ccc(C=NNC(=O)c3ccc(-n4c(C)ccc4C)cc3)cc2OC)cc1. The van der Waals surface area contributed by atoms with E-state index >= 15 is 0 Å². The van der Waals surface area contributed by atoms with Gasteiger partial charge in [0.05, 0.1) is 26.0 Å². The maximum Gasteiger partial charge on any atom is 0.343 e. The van der Waals surface area contributed by atoms with Gasteiger partial charge in [0.15, 0.2) is 11.5 Å². The predicted octanol–water partition coefficient (Wildman–Crippen LogP) is 5.09. The number of amides is 1. The average molecular weight is 498 g/mol. The molecule has 8 heteroatoms. The van der Waals surface area contributed by atoms with Gasteiger partial charge in [0.2, 0.25) is 0 Å². The molecule has 0 aliphatic rings. The molecule has 1 N–H and O–H groups in total. The number of aromatic nitrogens is 1. The number of carbonyl (C=O) groups is 2. The molecule has 1 heterocycles. The van der Waals surface area contributed by atoms with Crippen LogP contribution in [0.4, 0.5) is 0 Å². The lowest BCUT2D eigenvalue weighted by Crippen LogP contribution is -2.17. The Balaban J connectivity index is 1.39. The summed E-state index contributed by atoms with van der Waals surface area (Å²) >= 11 is 0. The molecule has 4 aromatic rings. The van der Waals surface area contributed by atoms with Crippen LogP contribution in [0.15, 0.2) is 84.0 Å². The Labute approximate surface area is 215 Å². The van der Waals surface area contributed by atoms with E-state index in [4.69, 9.17) is 14.2 Å². The normalized spacial score (nSPS) is 10.8. The summed E-state index contributed by atoms with van der Waals surface area (Å²) in [5, 5.41) is 4.04. The number of aryl methyl sites for hydroxylation is 2. The summed E-state index contributed by atoms with van der Waals surface area (Å²) in [5.74, 6) is 0.397. The number of hydrogen-bond donors (Lipinski definition) is 1. The molecule has 0 spiro atoms. The Morgan fingerprint density at radius 3 is 2.05 bits per heavy atom. The van der Waals surface area contributed by atoms with Gasteiger partial charge in [-0.15, -0.1) is 0 Å². The summed E-state index contributed by atoms with van der Waals surface area (Å²) in [5.41, 5.74) is 7.27. The molecule has 0 aliphatic heterocycles. The number of methoxy groups -OCH3 is 2. The maximum atomic E-state index is 12.5. The van der Waals surface area contributed by atoms with Crippen LogP contribution in [-0.2, 0) is 0 Å². The molecule has 3 aromatic carbocycles. The first-order chi connectivity index (χ1) is 17.9. The van der Waals surface area contributed by atoms with E-state index in [2.05, 4.69) is 27.2 Å². The van der Waals surface area contributed by atoms with E-state index in [0.29, 0.717) is 28.2 Å². The predicted molar refractivity (Wildman–Crippen MR) is 141 cm³/mol. The molecule has 0 atom stereocenters. The van der Waals surface area contributed by atoms with Crippen molar-refractivity contribution in [2.24, 2.45) is 5.10 Å². The zero-order valence-electron chi connectivity index (χ0n) is 21.0. The standard InChI is InChI=1S/C29H27N3O5/c1-19-5-6-20(2)32(19)24-12-8-22(9-13-24)28(33)31-30-18-21-7-16-26(27(17-21)36-4)37-29(34)23-10-14-25(35-3)15-11-23/h5-18H,1-4H3,(H,31,33). The molecule has 0 saturated carbocycles. The van der Waals surface area contributed by atoms with Gasteiger partial charge in [-0.2, -0.15) is 5.10 Å². The average Bonchev–Trinajstić information content (AvgIpc) is 3.26. The highest BCUT2D eigenvalue weighted by Gasteiger charge is 2.13. The highest BCUT2D eigenvalue weighted by molar-refractivity contribution is 5.95. The molecular formula is C29H27N3O5. The lowest BCUT2D eigenvalue weighted by molar-refractivity contribution is 0.0729. The van der Waals surface area contributed by atoms with Gasteiger partial charge in [-0.1, -0.05) is 0 Å². The van der Waals surface area contributed by atoms with Crippen molar-refractivity contribution in [2.45, 2.75) is 13.8 Å². The van der Waals surface area contributed by atoms with Crippen LogP contribution >= 0.6 is 0 Å². The van der Waals surface area contributed by atoms with Gasteiger partial charge in [-0.3, -0.25) is 4.79 Å². The Kier molecular flexibility index (Phi) is 7.68. The number of nitrogens with zero attached hydrogens (tertiary/aromatic N) is 2. The quantitative estimate of drug-likeness (QED) is 0.158. The summed E-state index contributed by atoms with van der Waals surface area (Å²) in [6, 6.07) is 23.0. The van der Waals surface area contributed by atoms with Gasteiger partial charge in [-0.25, -0.2) is 10.2 Å². The number of ether oxygens (including phenoxy) is 3. The van der Waals surface area contributed by atoms with Crippen LogP contribution in [0.2, 0.25) is 0 Å². The molecule has 4 rings (SSSR count). The first-order valence-electron chi connectivity index (χ1n) is 11.5. The molecule has 0 saturated heterocycles. The van der Waals surface area contributed by atoms with Crippen molar-refractivity contribution >= 4 is 18.1 Å². The van der Waals surface area contributed by atoms with Crippen LogP contribution < -0.4 is 19.6 Å². The molecule has 8 nitrogen and oxygen atoms in total. The monoisotopic (exact) mass is 497 g/mol. The molecule has 0 bridgehead atoms. The molecule has 0 aliphatic carbocycles. The Morgan fingerprint density at radius 2 is 1.43 bits per heavy atom. The molecule has 1 aromatic heterocycles. The van der Waals surface area contributed by atoms with Gasteiger partial charge in [0.1, 0.15) is 5.75 Å². The minimum atomic E-state index is -0.525. The van der Waals surface area contributed by atoms with Crippen LogP contribution in [0.1, 0.15) is 37.7 Å².